The molecule has 0 fully saturated rings. The normalized spacial score (nSPS) is 15.7. The molecule has 0 amide bonds. The lowest BCUT2D eigenvalue weighted by Crippen LogP contribution is -2.55. The van der Waals surface area contributed by atoms with E-state index < -0.39 is 61.2 Å². The molecule has 0 aromatic carbocycles. The predicted molar refractivity (Wildman–Crippen MR) is 58.9 cm³/mol. The molecule has 0 spiro atoms. The molecule has 0 bridgehead atoms. The van der Waals surface area contributed by atoms with Crippen molar-refractivity contribution in [3.8, 4) is 0 Å². The van der Waals surface area contributed by atoms with Crippen LogP contribution in [0.2, 0.25) is 6.04 Å². The van der Waals surface area contributed by atoms with Crippen LogP contribution in [0.5, 0.6) is 0 Å². The van der Waals surface area contributed by atoms with E-state index in [1.807, 2.05) is 4.74 Å². The first-order valence-corrected chi connectivity index (χ1v) is 9.01. The molecule has 0 aliphatic heterocycles. The lowest BCUT2D eigenvalue weighted by atomic mass is 10.2. The van der Waals surface area contributed by atoms with Gasteiger partial charge in [0.15, 0.2) is 0 Å². The Bertz CT molecular complexity index is 545. The van der Waals surface area contributed by atoms with Crippen LogP contribution in [0.4, 0.5) is 35.1 Å². The first-order valence-electron chi connectivity index (χ1n) is 5.52. The Morgan fingerprint density at radius 3 is 1.62 bits per heavy atom. The molecule has 0 aliphatic rings. The predicted octanol–water partition coefficient (Wildman–Crippen LogP) is 1.00. The van der Waals surface area contributed by atoms with E-state index in [4.69, 9.17) is 18.9 Å². The van der Waals surface area contributed by atoms with Crippen molar-refractivity contribution in [1.29, 1.82) is 0 Å². The average molecular weight is 418 g/mol. The van der Waals surface area contributed by atoms with E-state index in [0.717, 1.165) is 0 Å². The molecule has 146 valence electrons. The summed E-state index contributed by atoms with van der Waals surface area (Å²) in [6, 6.07) is -1.21. The van der Waals surface area contributed by atoms with Crippen LogP contribution in [0.15, 0.2) is 0 Å². The summed E-state index contributed by atoms with van der Waals surface area (Å²) in [5, 5.41) is -6.66. The topological polar surface area (TPSA) is 124 Å². The Morgan fingerprint density at radius 1 is 0.875 bits per heavy atom. The molecule has 17 heteroatoms. The van der Waals surface area contributed by atoms with E-state index in [2.05, 4.69) is 0 Å². The van der Waals surface area contributed by atoms with Gasteiger partial charge in [0, 0.05) is 12.5 Å². The molecule has 0 saturated carbocycles. The van der Waals surface area contributed by atoms with Crippen LogP contribution in [0.1, 0.15) is 12.8 Å². The van der Waals surface area contributed by atoms with Gasteiger partial charge in [-0.2, -0.15) is 43.5 Å². The summed E-state index contributed by atoms with van der Waals surface area (Å²) in [6.07, 6.45) is -16.5. The van der Waals surface area contributed by atoms with Gasteiger partial charge in [-0.15, -0.1) is 0 Å². The molecule has 0 atom stereocenters. The Kier molecular flexibility index (Phi) is 6.45. The largest absolute Gasteiger partial charge is 0.492 e. The number of ether oxygens (including phenoxy) is 1. The number of rotatable bonds is 9. The van der Waals surface area contributed by atoms with Gasteiger partial charge < -0.3 is 14.4 Å². The Labute approximate surface area is 129 Å². The molecule has 4 N–H and O–H groups in total. The zero-order valence-corrected chi connectivity index (χ0v) is 12.9. The molecule has 24 heavy (non-hydrogen) atoms. The minimum absolute atomic E-state index is 1.21. The second kappa shape index (κ2) is 6.61. The Balaban J connectivity index is 5.30. The van der Waals surface area contributed by atoms with E-state index in [-0.39, 0.29) is 0 Å². The van der Waals surface area contributed by atoms with Crippen molar-refractivity contribution in [3.63, 3.8) is 0 Å². The fraction of sp³-hybridized carbons (Fsp3) is 1.00. The molecule has 0 unspecified atom stereocenters. The lowest BCUT2D eigenvalue weighted by Gasteiger charge is -2.31. The van der Waals surface area contributed by atoms with Crippen LogP contribution in [-0.4, -0.2) is 59.6 Å². The minimum Gasteiger partial charge on any atom is -0.390 e. The summed E-state index contributed by atoms with van der Waals surface area (Å²) < 4.78 is 133. The van der Waals surface area contributed by atoms with Crippen LogP contribution in [0, 0.1) is 0 Å². The third-order valence-corrected chi connectivity index (χ3v) is 4.26. The smallest absolute Gasteiger partial charge is 0.390 e. The van der Waals surface area contributed by atoms with Crippen LogP contribution in [-0.2, 0) is 14.9 Å². The monoisotopic (exact) mass is 418 g/mol. The number of hydrogen-bond acceptors (Lipinski definition) is 6. The molecule has 0 saturated heterocycles. The lowest BCUT2D eigenvalue weighted by molar-refractivity contribution is -0.456. The van der Waals surface area contributed by atoms with E-state index >= 15 is 0 Å². The van der Waals surface area contributed by atoms with Crippen LogP contribution in [0.25, 0.3) is 0 Å². The number of alkyl halides is 8. The van der Waals surface area contributed by atoms with Crippen molar-refractivity contribution in [2.75, 3.05) is 0 Å². The third-order valence-electron chi connectivity index (χ3n) is 2.35. The molecule has 0 aliphatic carbocycles. The van der Waals surface area contributed by atoms with E-state index in [9.17, 15) is 43.5 Å². The first-order chi connectivity index (χ1) is 10.2. The van der Waals surface area contributed by atoms with Gasteiger partial charge in [-0.05, 0) is 6.42 Å². The molecule has 0 radical (unpaired) electrons. The van der Waals surface area contributed by atoms with Crippen molar-refractivity contribution in [2.45, 2.75) is 42.3 Å². The molecule has 0 aromatic heterocycles. The zero-order valence-electron chi connectivity index (χ0n) is 11.1. The second-order valence-electron chi connectivity index (χ2n) is 4.46. The Hall–Kier alpha value is -0.593. The summed E-state index contributed by atoms with van der Waals surface area (Å²) in [7, 11) is -11.9. The average Bonchev–Trinajstić information content (AvgIpc) is 2.22. The second-order valence-corrected chi connectivity index (χ2v) is 7.97. The van der Waals surface area contributed by atoms with Gasteiger partial charge in [-0.25, -0.2) is 4.74 Å². The van der Waals surface area contributed by atoms with Crippen molar-refractivity contribution in [2.24, 2.45) is 0 Å². The van der Waals surface area contributed by atoms with Crippen molar-refractivity contribution < 1.29 is 67.2 Å². The Morgan fingerprint density at radius 2 is 1.29 bits per heavy atom. The van der Waals surface area contributed by atoms with Gasteiger partial charge in [-0.1, -0.05) is 0 Å². The van der Waals surface area contributed by atoms with Crippen LogP contribution >= 0.6 is 0 Å². The molecular weight excluding hydrogens is 408 g/mol. The van der Waals surface area contributed by atoms with Gasteiger partial charge in [0.2, 0.25) is 0 Å². The fourth-order valence-electron chi connectivity index (χ4n) is 1.14. The van der Waals surface area contributed by atoms with Gasteiger partial charge in [0.1, 0.15) is 0 Å². The first kappa shape index (κ1) is 23.4. The number of halogens is 8. The summed E-state index contributed by atoms with van der Waals surface area (Å²) >= 11 is 0. The van der Waals surface area contributed by atoms with Gasteiger partial charge >= 0.3 is 42.3 Å². The summed E-state index contributed by atoms with van der Waals surface area (Å²) in [5.74, 6) is -5.59. The van der Waals surface area contributed by atoms with Crippen molar-refractivity contribution in [3.05, 3.63) is 0 Å². The highest BCUT2D eigenvalue weighted by Crippen LogP contribution is 2.48. The molecule has 7 nitrogen and oxygen atoms in total. The molecule has 0 rings (SSSR count). The zero-order chi connectivity index (χ0) is 19.8. The van der Waals surface area contributed by atoms with Crippen molar-refractivity contribution in [1.82, 2.24) is 0 Å². The van der Waals surface area contributed by atoms with Gasteiger partial charge in [0.25, 0.3) is 0 Å². The van der Waals surface area contributed by atoms with E-state index in [0.29, 0.717) is 0 Å². The molecular formula is C7H10F8O7SSi. The quantitative estimate of drug-likeness (QED) is 0.250. The third kappa shape index (κ3) is 5.46. The van der Waals surface area contributed by atoms with Gasteiger partial charge in [0.05, 0.1) is 0 Å². The minimum atomic E-state index is -6.99. The number of hydrogen-bond donors (Lipinski definition) is 4. The maximum Gasteiger partial charge on any atom is 0.492 e. The highest BCUT2D eigenvalue weighted by atomic mass is 32.2. The van der Waals surface area contributed by atoms with E-state index in [1.165, 1.54) is 0 Å². The summed E-state index contributed by atoms with van der Waals surface area (Å²) in [4.78, 5) is 25.4. The fourth-order valence-corrected chi connectivity index (χ4v) is 2.13. The van der Waals surface area contributed by atoms with Gasteiger partial charge in [-0.3, -0.25) is 4.55 Å². The van der Waals surface area contributed by atoms with E-state index in [1.54, 1.807) is 0 Å². The highest BCUT2D eigenvalue weighted by Gasteiger charge is 2.73. The highest BCUT2D eigenvalue weighted by molar-refractivity contribution is 7.86. The maximum absolute atomic E-state index is 13.1. The maximum atomic E-state index is 13.1. The SMILES string of the molecule is O=S(=O)(O)C(F)(F)C(F)(F)OC(F)(F)C(F)(F)CCC[Si](O)(O)O. The summed E-state index contributed by atoms with van der Waals surface area (Å²) in [5.41, 5.74) is 0. The summed E-state index contributed by atoms with van der Waals surface area (Å²) in [6.45, 7) is 0. The molecule has 0 heterocycles. The molecule has 0 aromatic rings. The standard InChI is InChI=1S/C7H10F8O7SSi/c8-4(9,2-1-3-24(19,20)21)5(10,11)22-6(12,13)7(14,15)23(16,17)18/h19-21H,1-3H2,(H,16,17,18). The van der Waals surface area contributed by atoms with Crippen molar-refractivity contribution >= 4 is 18.9 Å². The van der Waals surface area contributed by atoms with Crippen LogP contribution < -0.4 is 0 Å². The van der Waals surface area contributed by atoms with Crippen LogP contribution in [0.3, 0.4) is 0 Å².